The normalized spacial score (nSPS) is 14.1. The second-order valence-corrected chi connectivity index (χ2v) is 9.66. The van der Waals surface area contributed by atoms with Gasteiger partial charge in [0.1, 0.15) is 5.69 Å². The van der Waals surface area contributed by atoms with Gasteiger partial charge in [-0.25, -0.2) is 4.79 Å². The van der Waals surface area contributed by atoms with Gasteiger partial charge in [0.05, 0.1) is 6.61 Å². The van der Waals surface area contributed by atoms with Crippen molar-refractivity contribution in [2.75, 3.05) is 26.2 Å². The van der Waals surface area contributed by atoms with E-state index in [2.05, 4.69) is 82.3 Å². The van der Waals surface area contributed by atoms with Gasteiger partial charge >= 0.3 is 5.97 Å². The SMILES string of the molecule is CCOC(=O)c1c(C(c2ccccc2)c2ccccc2)c2ccccc2n1CCCCN1CCCC1. The lowest BCUT2D eigenvalue weighted by atomic mass is 9.83. The van der Waals surface area contributed by atoms with E-state index in [0.717, 1.165) is 42.4 Å². The van der Waals surface area contributed by atoms with Crippen LogP contribution in [0.3, 0.4) is 0 Å². The molecule has 2 heterocycles. The second kappa shape index (κ2) is 11.6. The van der Waals surface area contributed by atoms with Gasteiger partial charge < -0.3 is 14.2 Å². The van der Waals surface area contributed by atoms with E-state index in [-0.39, 0.29) is 11.9 Å². The third-order valence-corrected chi connectivity index (χ3v) is 7.34. The number of unbranched alkanes of at least 4 members (excludes halogenated alkanes) is 1. The number of hydrogen-bond acceptors (Lipinski definition) is 3. The molecular formula is C32H36N2O2. The minimum Gasteiger partial charge on any atom is -0.461 e. The summed E-state index contributed by atoms with van der Waals surface area (Å²) in [5, 5.41) is 1.12. The van der Waals surface area contributed by atoms with Gasteiger partial charge in [0.2, 0.25) is 0 Å². The highest BCUT2D eigenvalue weighted by Gasteiger charge is 2.30. The van der Waals surface area contributed by atoms with Crippen LogP contribution in [0.5, 0.6) is 0 Å². The Morgan fingerprint density at radius 2 is 1.39 bits per heavy atom. The van der Waals surface area contributed by atoms with Crippen LogP contribution in [-0.2, 0) is 11.3 Å². The molecule has 4 aromatic rings. The molecule has 5 rings (SSSR count). The molecule has 0 N–H and O–H groups in total. The molecule has 1 aliphatic rings. The summed E-state index contributed by atoms with van der Waals surface area (Å²) in [7, 11) is 0. The summed E-state index contributed by atoms with van der Waals surface area (Å²) in [6.07, 6.45) is 4.80. The molecular weight excluding hydrogens is 444 g/mol. The van der Waals surface area contributed by atoms with Gasteiger partial charge in [0, 0.05) is 28.9 Å². The zero-order valence-electron chi connectivity index (χ0n) is 21.2. The molecule has 4 heteroatoms. The highest BCUT2D eigenvalue weighted by atomic mass is 16.5. The molecule has 1 fully saturated rings. The van der Waals surface area contributed by atoms with Crippen molar-refractivity contribution in [3.63, 3.8) is 0 Å². The van der Waals surface area contributed by atoms with Gasteiger partial charge in [-0.2, -0.15) is 0 Å². The van der Waals surface area contributed by atoms with Crippen LogP contribution in [0.1, 0.15) is 65.7 Å². The van der Waals surface area contributed by atoms with Crippen molar-refractivity contribution >= 4 is 16.9 Å². The van der Waals surface area contributed by atoms with Crippen LogP contribution in [0, 0.1) is 0 Å². The molecule has 36 heavy (non-hydrogen) atoms. The molecule has 0 amide bonds. The minimum atomic E-state index is -0.236. The first-order valence-electron chi connectivity index (χ1n) is 13.4. The number of likely N-dealkylation sites (tertiary alicyclic amines) is 1. The zero-order valence-corrected chi connectivity index (χ0v) is 21.2. The van der Waals surface area contributed by atoms with Crippen LogP contribution in [-0.4, -0.2) is 41.7 Å². The summed E-state index contributed by atoms with van der Waals surface area (Å²) in [5.74, 6) is -0.303. The van der Waals surface area contributed by atoms with E-state index in [1.807, 2.05) is 19.1 Å². The second-order valence-electron chi connectivity index (χ2n) is 9.66. The van der Waals surface area contributed by atoms with Gasteiger partial charge in [-0.3, -0.25) is 0 Å². The Morgan fingerprint density at radius 1 is 0.806 bits per heavy atom. The number of aryl methyl sites for hydroxylation is 1. The number of fused-ring (bicyclic) bond motifs is 1. The van der Waals surface area contributed by atoms with Crippen molar-refractivity contribution in [2.24, 2.45) is 0 Å². The van der Waals surface area contributed by atoms with Crippen LogP contribution in [0.2, 0.25) is 0 Å². The molecule has 0 radical (unpaired) electrons. The molecule has 0 saturated carbocycles. The summed E-state index contributed by atoms with van der Waals surface area (Å²) in [6, 6.07) is 29.5. The van der Waals surface area contributed by atoms with Crippen LogP contribution in [0.25, 0.3) is 10.9 Å². The predicted octanol–water partition coefficient (Wildman–Crippen LogP) is 6.87. The summed E-state index contributed by atoms with van der Waals surface area (Å²) < 4.78 is 7.91. The summed E-state index contributed by atoms with van der Waals surface area (Å²) in [4.78, 5) is 16.2. The Labute approximate surface area is 214 Å². The molecule has 0 atom stereocenters. The number of nitrogens with zero attached hydrogens (tertiary/aromatic N) is 2. The van der Waals surface area contributed by atoms with Crippen molar-refractivity contribution in [1.29, 1.82) is 0 Å². The largest absolute Gasteiger partial charge is 0.461 e. The number of benzene rings is 3. The lowest BCUT2D eigenvalue weighted by Crippen LogP contribution is -2.21. The molecule has 4 nitrogen and oxygen atoms in total. The third kappa shape index (κ3) is 5.10. The maximum Gasteiger partial charge on any atom is 0.355 e. The number of rotatable bonds is 10. The van der Waals surface area contributed by atoms with Crippen molar-refractivity contribution in [3.05, 3.63) is 107 Å². The summed E-state index contributed by atoms with van der Waals surface area (Å²) in [5.41, 5.74) is 5.18. The molecule has 0 aliphatic carbocycles. The van der Waals surface area contributed by atoms with Gasteiger partial charge in [0.15, 0.2) is 0 Å². The average molecular weight is 481 g/mol. The quantitative estimate of drug-likeness (QED) is 0.183. The number of carbonyl (C=O) groups excluding carboxylic acids is 1. The van der Waals surface area contributed by atoms with E-state index >= 15 is 0 Å². The van der Waals surface area contributed by atoms with Gasteiger partial charge in [-0.05, 0) is 69.4 Å². The number of ether oxygens (including phenoxy) is 1. The molecule has 1 aromatic heterocycles. The molecule has 1 aliphatic heterocycles. The Kier molecular flexibility index (Phi) is 7.82. The van der Waals surface area contributed by atoms with Crippen LogP contribution < -0.4 is 0 Å². The lowest BCUT2D eigenvalue weighted by Gasteiger charge is -2.21. The lowest BCUT2D eigenvalue weighted by molar-refractivity contribution is 0.0512. The van der Waals surface area contributed by atoms with Crippen molar-refractivity contribution in [1.82, 2.24) is 9.47 Å². The number of carbonyl (C=O) groups is 1. The fourth-order valence-electron chi connectivity index (χ4n) is 5.70. The summed E-state index contributed by atoms with van der Waals surface area (Å²) in [6.45, 7) is 6.62. The van der Waals surface area contributed by atoms with E-state index in [9.17, 15) is 4.79 Å². The van der Waals surface area contributed by atoms with E-state index in [4.69, 9.17) is 4.74 Å². The number of esters is 1. The maximum absolute atomic E-state index is 13.6. The van der Waals surface area contributed by atoms with Crippen molar-refractivity contribution in [2.45, 2.75) is 45.1 Å². The van der Waals surface area contributed by atoms with Crippen LogP contribution in [0.15, 0.2) is 84.9 Å². The predicted molar refractivity (Wildman–Crippen MR) is 147 cm³/mol. The standard InChI is InChI=1S/C32H36N2O2/c1-2-36-32(35)31-30(29(25-15-5-3-6-16-25)26-17-7-4-8-18-26)27-19-9-10-20-28(27)34(31)24-14-13-23-33-21-11-12-22-33/h3-10,15-20,29H,2,11-14,21-24H2,1H3. The van der Waals surface area contributed by atoms with Gasteiger partial charge in [-0.1, -0.05) is 78.9 Å². The molecule has 3 aromatic carbocycles. The molecule has 0 unspecified atom stereocenters. The first-order chi connectivity index (χ1) is 17.8. The van der Waals surface area contributed by atoms with Gasteiger partial charge in [-0.15, -0.1) is 0 Å². The highest BCUT2D eigenvalue weighted by molar-refractivity contribution is 6.00. The highest BCUT2D eigenvalue weighted by Crippen LogP contribution is 2.40. The smallest absolute Gasteiger partial charge is 0.355 e. The van der Waals surface area contributed by atoms with E-state index in [1.54, 1.807) is 0 Å². The fourth-order valence-corrected chi connectivity index (χ4v) is 5.70. The summed E-state index contributed by atoms with van der Waals surface area (Å²) >= 11 is 0. The van der Waals surface area contributed by atoms with E-state index in [1.165, 1.54) is 37.1 Å². The van der Waals surface area contributed by atoms with Crippen LogP contribution >= 0.6 is 0 Å². The first kappa shape index (κ1) is 24.3. The van der Waals surface area contributed by atoms with E-state index < -0.39 is 0 Å². The number of para-hydroxylation sites is 1. The molecule has 0 bridgehead atoms. The molecule has 1 saturated heterocycles. The van der Waals surface area contributed by atoms with Crippen LogP contribution in [0.4, 0.5) is 0 Å². The van der Waals surface area contributed by atoms with Crippen molar-refractivity contribution < 1.29 is 9.53 Å². The maximum atomic E-state index is 13.6. The monoisotopic (exact) mass is 480 g/mol. The third-order valence-electron chi connectivity index (χ3n) is 7.34. The topological polar surface area (TPSA) is 34.5 Å². The average Bonchev–Trinajstić information content (AvgIpc) is 3.55. The van der Waals surface area contributed by atoms with E-state index in [0.29, 0.717) is 12.3 Å². The first-order valence-corrected chi connectivity index (χ1v) is 13.4. The Morgan fingerprint density at radius 3 is 2.03 bits per heavy atom. The zero-order chi connectivity index (χ0) is 24.7. The molecule has 0 spiro atoms. The Bertz CT molecular complexity index is 1230. The van der Waals surface area contributed by atoms with Crippen molar-refractivity contribution in [3.8, 4) is 0 Å². The number of hydrogen-bond donors (Lipinski definition) is 0. The minimum absolute atomic E-state index is 0.0671. The number of aromatic nitrogens is 1. The Hall–Kier alpha value is -3.37. The fraction of sp³-hybridized carbons (Fsp3) is 0.344. The Balaban J connectivity index is 1.62. The molecule has 186 valence electrons. The van der Waals surface area contributed by atoms with Gasteiger partial charge in [0.25, 0.3) is 0 Å².